The highest BCUT2D eigenvalue weighted by molar-refractivity contribution is 5.76. The number of unbranched alkanes of at least 4 members (excludes halogenated alkanes) is 28. The van der Waals surface area contributed by atoms with Gasteiger partial charge in [0.05, 0.1) is 38.6 Å². The van der Waals surface area contributed by atoms with Gasteiger partial charge in [-0.25, -0.2) is 0 Å². The molecule has 0 saturated carbocycles. The molecule has 17 atom stereocenters. The fraction of sp³-hybridized carbons (Fsp3) is 0.917. The second kappa shape index (κ2) is 43.8. The van der Waals surface area contributed by atoms with Crippen LogP contribution < -0.4 is 5.32 Å². The summed E-state index contributed by atoms with van der Waals surface area (Å²) < 4.78 is 34.0. The number of aliphatic hydroxyl groups is 11. The number of ether oxygens (including phenoxy) is 6. The molecule has 0 aromatic rings. The van der Waals surface area contributed by atoms with Crippen LogP contribution in [0.3, 0.4) is 0 Å². The Bertz CT molecular complexity index is 1540. The third-order valence-corrected chi connectivity index (χ3v) is 15.8. The molecule has 0 aromatic carbocycles. The lowest BCUT2D eigenvalue weighted by Crippen LogP contribution is -2.66. The first-order valence-electron chi connectivity index (χ1n) is 31.1. The third-order valence-electron chi connectivity index (χ3n) is 15.8. The molecule has 3 fully saturated rings. The van der Waals surface area contributed by atoms with Crippen molar-refractivity contribution in [3.63, 3.8) is 0 Å². The lowest BCUT2D eigenvalue weighted by molar-refractivity contribution is -0.379. The van der Waals surface area contributed by atoms with Crippen LogP contribution in [0, 0.1) is 0 Å². The molecular weight excluding hydrogens is 1020 g/mol. The summed E-state index contributed by atoms with van der Waals surface area (Å²) in [6.45, 7) is 1.56. The maximum absolute atomic E-state index is 13.0. The number of allylic oxidation sites excluding steroid dienone is 3. The Morgan fingerprint density at radius 3 is 1.27 bits per heavy atom. The maximum Gasteiger partial charge on any atom is 0.220 e. The van der Waals surface area contributed by atoms with E-state index in [-0.39, 0.29) is 18.9 Å². The van der Waals surface area contributed by atoms with Crippen molar-refractivity contribution >= 4 is 5.91 Å². The van der Waals surface area contributed by atoms with Gasteiger partial charge in [-0.05, 0) is 32.1 Å². The number of nitrogens with one attached hydrogen (secondary N) is 1. The van der Waals surface area contributed by atoms with Crippen LogP contribution in [0.4, 0.5) is 0 Å². The van der Waals surface area contributed by atoms with E-state index in [9.17, 15) is 61.0 Å². The summed E-state index contributed by atoms with van der Waals surface area (Å²) in [6.07, 6.45) is 20.1. The molecule has 0 aliphatic carbocycles. The number of hydrogen-bond donors (Lipinski definition) is 12. The van der Waals surface area contributed by atoms with Gasteiger partial charge in [0.2, 0.25) is 5.91 Å². The van der Waals surface area contributed by atoms with Crippen molar-refractivity contribution in [2.24, 2.45) is 0 Å². The molecule has 3 heterocycles. The van der Waals surface area contributed by atoms with E-state index in [2.05, 4.69) is 31.3 Å². The molecule has 0 radical (unpaired) electrons. The predicted octanol–water partition coefficient (Wildman–Crippen LogP) is 5.93. The molecule has 17 unspecified atom stereocenters. The molecule has 3 saturated heterocycles. The van der Waals surface area contributed by atoms with E-state index in [0.29, 0.717) is 12.8 Å². The SMILES string of the molecule is CCCCCCCCCCCCCCCCCCCCCCCCCC/C=C/CC/C=C/C(O)C(COC1OC(CO)C(OC2OC(CO)C(OC3OC(CO)C(O)C(O)C3O)C(O)C2O)C(O)C1O)NC(=O)CCCCCC. The van der Waals surface area contributed by atoms with Gasteiger partial charge in [-0.3, -0.25) is 4.79 Å². The van der Waals surface area contributed by atoms with E-state index < -0.39 is 124 Å². The van der Waals surface area contributed by atoms with Gasteiger partial charge in [-0.2, -0.15) is 0 Å². The van der Waals surface area contributed by atoms with Crippen LogP contribution in [0.25, 0.3) is 0 Å². The van der Waals surface area contributed by atoms with Gasteiger partial charge in [-0.15, -0.1) is 0 Å². The Balaban J connectivity index is 1.34. The molecule has 0 aromatic heterocycles. The molecule has 0 bridgehead atoms. The molecular formula is C60H111NO18. The van der Waals surface area contributed by atoms with Crippen LogP contribution in [0.1, 0.15) is 219 Å². The van der Waals surface area contributed by atoms with Gasteiger partial charge in [-0.1, -0.05) is 205 Å². The normalized spacial score (nSPS) is 30.4. The highest BCUT2D eigenvalue weighted by atomic mass is 16.8. The first kappa shape index (κ1) is 71.5. The Morgan fingerprint density at radius 1 is 0.443 bits per heavy atom. The number of aliphatic hydroxyl groups excluding tert-OH is 11. The van der Waals surface area contributed by atoms with Crippen LogP contribution in [-0.2, 0) is 33.2 Å². The van der Waals surface area contributed by atoms with Crippen LogP contribution in [0.15, 0.2) is 24.3 Å². The molecule has 3 aliphatic heterocycles. The van der Waals surface area contributed by atoms with Crippen molar-refractivity contribution in [3.8, 4) is 0 Å². The van der Waals surface area contributed by atoms with Crippen LogP contribution in [0.2, 0.25) is 0 Å². The fourth-order valence-corrected chi connectivity index (χ4v) is 10.6. The lowest BCUT2D eigenvalue weighted by atomic mass is 9.96. The summed E-state index contributed by atoms with van der Waals surface area (Å²) in [5, 5.41) is 119. The smallest absolute Gasteiger partial charge is 0.220 e. The quantitative estimate of drug-likeness (QED) is 0.0248. The Labute approximate surface area is 473 Å². The van der Waals surface area contributed by atoms with E-state index in [4.69, 9.17) is 28.4 Å². The van der Waals surface area contributed by atoms with Crippen molar-refractivity contribution in [2.75, 3.05) is 26.4 Å². The van der Waals surface area contributed by atoms with E-state index in [1.165, 1.54) is 148 Å². The van der Waals surface area contributed by atoms with Crippen molar-refractivity contribution in [3.05, 3.63) is 24.3 Å². The van der Waals surface area contributed by atoms with Gasteiger partial charge >= 0.3 is 0 Å². The summed E-state index contributed by atoms with van der Waals surface area (Å²) in [4.78, 5) is 13.0. The zero-order chi connectivity index (χ0) is 57.6. The van der Waals surface area contributed by atoms with Crippen molar-refractivity contribution in [1.29, 1.82) is 0 Å². The van der Waals surface area contributed by atoms with Gasteiger partial charge in [0.25, 0.3) is 0 Å². The zero-order valence-corrected chi connectivity index (χ0v) is 48.4. The van der Waals surface area contributed by atoms with Gasteiger partial charge in [0.1, 0.15) is 73.2 Å². The molecule has 3 aliphatic rings. The molecule has 3 rings (SSSR count). The predicted molar refractivity (Wildman–Crippen MR) is 300 cm³/mol. The minimum Gasteiger partial charge on any atom is -0.394 e. The van der Waals surface area contributed by atoms with Crippen LogP contribution >= 0.6 is 0 Å². The molecule has 12 N–H and O–H groups in total. The maximum atomic E-state index is 13.0. The topological polar surface area (TPSA) is 307 Å². The van der Waals surface area contributed by atoms with Gasteiger partial charge in [0, 0.05) is 6.42 Å². The lowest BCUT2D eigenvalue weighted by Gasteiger charge is -2.48. The average molecular weight is 1130 g/mol. The van der Waals surface area contributed by atoms with E-state index in [0.717, 1.165) is 38.5 Å². The molecule has 464 valence electrons. The molecule has 19 heteroatoms. The Morgan fingerprint density at radius 2 is 0.810 bits per heavy atom. The first-order valence-corrected chi connectivity index (χ1v) is 31.1. The molecule has 79 heavy (non-hydrogen) atoms. The Kier molecular flexibility index (Phi) is 39.7. The summed E-state index contributed by atoms with van der Waals surface area (Å²) >= 11 is 0. The molecule has 0 spiro atoms. The highest BCUT2D eigenvalue weighted by Gasteiger charge is 2.53. The summed E-state index contributed by atoms with van der Waals surface area (Å²) in [6, 6.07) is -0.982. The molecule has 1 amide bonds. The second-order valence-electron chi connectivity index (χ2n) is 22.5. The van der Waals surface area contributed by atoms with E-state index in [1.54, 1.807) is 6.08 Å². The van der Waals surface area contributed by atoms with E-state index >= 15 is 0 Å². The number of hydrogen-bond acceptors (Lipinski definition) is 18. The largest absolute Gasteiger partial charge is 0.394 e. The zero-order valence-electron chi connectivity index (χ0n) is 48.4. The van der Waals surface area contributed by atoms with Crippen molar-refractivity contribution in [2.45, 2.75) is 324 Å². The van der Waals surface area contributed by atoms with E-state index in [1.807, 2.05) is 6.08 Å². The van der Waals surface area contributed by atoms with Crippen molar-refractivity contribution < 1.29 is 89.4 Å². The number of amides is 1. The van der Waals surface area contributed by atoms with Crippen LogP contribution in [0.5, 0.6) is 0 Å². The standard InChI is InChI=1S/C60H111NO18/c1-3-5-7-9-10-11-12-13-14-15-16-17-18-19-20-21-22-23-24-25-26-27-28-29-30-31-32-33-34-35-37-44(65)43(61-48(66)38-36-8-6-4-2)42-74-58-54(72)51(69)56(46(40-63)76-58)79-60-55(73)52(70)57(47(41-64)77-60)78-59-53(71)50(68)49(67)45(39-62)75-59/h31-32,35,37,43-47,49-60,62-65,67-73H,3-30,33-34,36,38-42H2,1-2H3,(H,61,66)/b32-31+,37-35+. The average Bonchev–Trinajstić information content (AvgIpc) is 3.46. The van der Waals surface area contributed by atoms with Gasteiger partial charge < -0.3 is 89.9 Å². The minimum atomic E-state index is -1.98. The number of carbonyl (C=O) groups excluding carboxylic acids is 1. The second-order valence-corrected chi connectivity index (χ2v) is 22.5. The minimum absolute atomic E-state index is 0.228. The monoisotopic (exact) mass is 1130 g/mol. The first-order chi connectivity index (χ1) is 38.3. The van der Waals surface area contributed by atoms with Crippen molar-refractivity contribution in [1.82, 2.24) is 5.32 Å². The number of carbonyl (C=O) groups is 1. The third kappa shape index (κ3) is 27.7. The summed E-state index contributed by atoms with van der Waals surface area (Å²) in [7, 11) is 0. The van der Waals surface area contributed by atoms with Crippen LogP contribution in [-0.4, -0.2) is 193 Å². The fourth-order valence-electron chi connectivity index (χ4n) is 10.6. The number of rotatable bonds is 46. The van der Waals surface area contributed by atoms with Gasteiger partial charge in [0.15, 0.2) is 18.9 Å². The summed E-state index contributed by atoms with van der Waals surface area (Å²) in [5.41, 5.74) is 0. The molecule has 19 nitrogen and oxygen atoms in total. The Hall–Kier alpha value is -1.73. The summed E-state index contributed by atoms with van der Waals surface area (Å²) in [5.74, 6) is -0.303. The highest BCUT2D eigenvalue weighted by Crippen LogP contribution is 2.33.